The smallest absolute Gasteiger partial charge is 0.134 e. The highest BCUT2D eigenvalue weighted by molar-refractivity contribution is 6.32. The van der Waals surface area contributed by atoms with Gasteiger partial charge in [0.25, 0.3) is 0 Å². The van der Waals surface area contributed by atoms with Crippen molar-refractivity contribution < 1.29 is 9.84 Å². The Hall–Kier alpha value is -0.770. The van der Waals surface area contributed by atoms with Crippen LogP contribution in [0.1, 0.15) is 32.3 Å². The van der Waals surface area contributed by atoms with Gasteiger partial charge in [0.2, 0.25) is 0 Å². The lowest BCUT2D eigenvalue weighted by Gasteiger charge is -2.36. The van der Waals surface area contributed by atoms with E-state index < -0.39 is 0 Å². The fraction of sp³-hybridized carbons (Fsp3) is 0.571. The van der Waals surface area contributed by atoms with Crippen molar-refractivity contribution in [3.05, 3.63) is 28.8 Å². The van der Waals surface area contributed by atoms with E-state index in [-0.39, 0.29) is 11.4 Å². The van der Waals surface area contributed by atoms with E-state index in [9.17, 15) is 5.11 Å². The molecule has 0 spiro atoms. The molecule has 1 aromatic rings. The van der Waals surface area contributed by atoms with Crippen LogP contribution in [0.3, 0.4) is 0 Å². The molecule has 0 amide bonds. The Bertz CT molecular complexity index is 420. The number of ether oxygens (including phenoxy) is 1. The lowest BCUT2D eigenvalue weighted by Crippen LogP contribution is -2.43. The maximum atomic E-state index is 9.36. The van der Waals surface area contributed by atoms with Crippen LogP contribution in [0.5, 0.6) is 5.75 Å². The van der Waals surface area contributed by atoms with Gasteiger partial charge < -0.3 is 15.2 Å². The summed E-state index contributed by atoms with van der Waals surface area (Å²) in [6.07, 6.45) is 2.05. The third kappa shape index (κ3) is 3.61. The van der Waals surface area contributed by atoms with E-state index >= 15 is 0 Å². The Balaban J connectivity index is 1.89. The van der Waals surface area contributed by atoms with Crippen molar-refractivity contribution in [3.8, 4) is 5.75 Å². The molecule has 1 fully saturated rings. The number of nitrogens with one attached hydrogen (secondary N) is 1. The maximum absolute atomic E-state index is 9.36. The van der Waals surface area contributed by atoms with Crippen molar-refractivity contribution in [2.45, 2.75) is 44.9 Å². The van der Waals surface area contributed by atoms with Gasteiger partial charge in [0.05, 0.1) is 10.6 Å². The monoisotopic (exact) mass is 269 g/mol. The first-order chi connectivity index (χ1) is 8.46. The summed E-state index contributed by atoms with van der Waals surface area (Å²) in [5.74, 6) is 0.132. The standard InChI is InChI=1S/C14H20ClNO2/c1-14(2)8-11(5-6-18-14)16-9-10-3-4-13(17)12(15)7-10/h3-4,7,11,16-17H,5-6,8-9H2,1-2H3. The highest BCUT2D eigenvalue weighted by Gasteiger charge is 2.28. The topological polar surface area (TPSA) is 41.5 Å². The average Bonchev–Trinajstić information content (AvgIpc) is 2.29. The number of aromatic hydroxyl groups is 1. The van der Waals surface area contributed by atoms with E-state index in [1.807, 2.05) is 6.07 Å². The summed E-state index contributed by atoms with van der Waals surface area (Å²) in [5.41, 5.74) is 1.05. The molecule has 0 aliphatic carbocycles. The molecule has 2 N–H and O–H groups in total. The van der Waals surface area contributed by atoms with Gasteiger partial charge in [-0.05, 0) is 44.4 Å². The highest BCUT2D eigenvalue weighted by atomic mass is 35.5. The number of benzene rings is 1. The molecule has 100 valence electrons. The zero-order valence-electron chi connectivity index (χ0n) is 10.9. The molecule has 1 aromatic carbocycles. The minimum atomic E-state index is -0.0392. The van der Waals surface area contributed by atoms with Crippen LogP contribution in [0.15, 0.2) is 18.2 Å². The lowest BCUT2D eigenvalue weighted by molar-refractivity contribution is -0.0630. The minimum absolute atomic E-state index is 0.0392. The molecule has 2 rings (SSSR count). The van der Waals surface area contributed by atoms with Gasteiger partial charge in [-0.2, -0.15) is 0 Å². The Labute approximate surface area is 113 Å². The van der Waals surface area contributed by atoms with Gasteiger partial charge in [-0.15, -0.1) is 0 Å². The molecular weight excluding hydrogens is 250 g/mol. The number of phenolic OH excluding ortho intramolecular Hbond substituents is 1. The SMILES string of the molecule is CC1(C)CC(NCc2ccc(O)c(Cl)c2)CCO1. The molecule has 1 atom stereocenters. The number of phenols is 1. The quantitative estimate of drug-likeness (QED) is 0.886. The third-order valence-corrected chi connectivity index (χ3v) is 3.61. The molecule has 18 heavy (non-hydrogen) atoms. The van der Waals surface area contributed by atoms with E-state index in [0.29, 0.717) is 11.1 Å². The maximum Gasteiger partial charge on any atom is 0.134 e. The van der Waals surface area contributed by atoms with E-state index in [2.05, 4.69) is 19.2 Å². The number of hydrogen-bond donors (Lipinski definition) is 2. The lowest BCUT2D eigenvalue weighted by atomic mass is 9.94. The van der Waals surface area contributed by atoms with Crippen molar-refractivity contribution in [1.29, 1.82) is 0 Å². The van der Waals surface area contributed by atoms with Crippen molar-refractivity contribution >= 4 is 11.6 Å². The molecule has 1 aliphatic heterocycles. The van der Waals surface area contributed by atoms with Crippen molar-refractivity contribution in [1.82, 2.24) is 5.32 Å². The second-order valence-electron chi connectivity index (χ2n) is 5.46. The van der Waals surface area contributed by atoms with Gasteiger partial charge in [-0.25, -0.2) is 0 Å². The zero-order chi connectivity index (χ0) is 13.2. The predicted octanol–water partition coefficient (Wildman–Crippen LogP) is 3.09. The van der Waals surface area contributed by atoms with E-state index in [1.54, 1.807) is 12.1 Å². The Morgan fingerprint density at radius 3 is 2.94 bits per heavy atom. The third-order valence-electron chi connectivity index (χ3n) is 3.30. The summed E-state index contributed by atoms with van der Waals surface area (Å²) >= 11 is 5.88. The number of halogens is 1. The van der Waals surface area contributed by atoms with Crippen LogP contribution in [0, 0.1) is 0 Å². The fourth-order valence-corrected chi connectivity index (χ4v) is 2.53. The zero-order valence-corrected chi connectivity index (χ0v) is 11.6. The Kier molecular flexibility index (Phi) is 4.15. The van der Waals surface area contributed by atoms with Gasteiger partial charge in [0, 0.05) is 19.2 Å². The Morgan fingerprint density at radius 2 is 2.28 bits per heavy atom. The minimum Gasteiger partial charge on any atom is -0.506 e. The molecule has 3 nitrogen and oxygen atoms in total. The summed E-state index contributed by atoms with van der Waals surface area (Å²) in [6.45, 7) is 5.82. The van der Waals surface area contributed by atoms with Crippen LogP contribution < -0.4 is 5.32 Å². The van der Waals surface area contributed by atoms with Crippen LogP contribution in [-0.2, 0) is 11.3 Å². The largest absolute Gasteiger partial charge is 0.506 e. The molecule has 0 bridgehead atoms. The first-order valence-electron chi connectivity index (χ1n) is 6.31. The number of hydrogen-bond acceptors (Lipinski definition) is 3. The van der Waals surface area contributed by atoms with Gasteiger partial charge in [0.1, 0.15) is 5.75 Å². The molecule has 1 aliphatic rings. The normalized spacial score (nSPS) is 22.9. The second-order valence-corrected chi connectivity index (χ2v) is 5.87. The summed E-state index contributed by atoms with van der Waals surface area (Å²) in [5, 5.41) is 13.3. The van der Waals surface area contributed by atoms with Crippen LogP contribution in [0.4, 0.5) is 0 Å². The van der Waals surface area contributed by atoms with Gasteiger partial charge in [0.15, 0.2) is 0 Å². The van der Waals surface area contributed by atoms with Crippen molar-refractivity contribution in [2.24, 2.45) is 0 Å². The molecule has 1 saturated heterocycles. The Morgan fingerprint density at radius 1 is 1.50 bits per heavy atom. The predicted molar refractivity (Wildman–Crippen MR) is 73.0 cm³/mol. The van der Waals surface area contributed by atoms with E-state index in [4.69, 9.17) is 16.3 Å². The first-order valence-corrected chi connectivity index (χ1v) is 6.69. The second kappa shape index (κ2) is 5.47. The summed E-state index contributed by atoms with van der Waals surface area (Å²) in [6, 6.07) is 5.79. The van der Waals surface area contributed by atoms with Gasteiger partial charge in [-0.3, -0.25) is 0 Å². The highest BCUT2D eigenvalue weighted by Crippen LogP contribution is 2.25. The average molecular weight is 270 g/mol. The van der Waals surface area contributed by atoms with E-state index in [1.165, 1.54) is 0 Å². The van der Waals surface area contributed by atoms with Crippen molar-refractivity contribution in [2.75, 3.05) is 6.61 Å². The van der Waals surface area contributed by atoms with Crippen LogP contribution in [0.2, 0.25) is 5.02 Å². The van der Waals surface area contributed by atoms with E-state index in [0.717, 1.165) is 31.6 Å². The van der Waals surface area contributed by atoms with Crippen LogP contribution in [-0.4, -0.2) is 23.4 Å². The summed E-state index contributed by atoms with van der Waals surface area (Å²) in [4.78, 5) is 0. The van der Waals surface area contributed by atoms with Crippen LogP contribution >= 0.6 is 11.6 Å². The molecule has 1 unspecified atom stereocenters. The molecule has 1 heterocycles. The number of rotatable bonds is 3. The molecule has 4 heteroatoms. The molecule has 0 saturated carbocycles. The van der Waals surface area contributed by atoms with Crippen molar-refractivity contribution in [3.63, 3.8) is 0 Å². The first kappa shape index (κ1) is 13.7. The van der Waals surface area contributed by atoms with Gasteiger partial charge in [-0.1, -0.05) is 17.7 Å². The summed E-state index contributed by atoms with van der Waals surface area (Å²) in [7, 11) is 0. The molecule has 0 aromatic heterocycles. The fourth-order valence-electron chi connectivity index (χ4n) is 2.33. The molecule has 0 radical (unpaired) electrons. The van der Waals surface area contributed by atoms with Crippen LogP contribution in [0.25, 0.3) is 0 Å². The summed E-state index contributed by atoms with van der Waals surface area (Å²) < 4.78 is 5.69. The van der Waals surface area contributed by atoms with Gasteiger partial charge >= 0.3 is 0 Å². The molecular formula is C14H20ClNO2.